The number of allylic oxidation sites excluding steroid dienone is 3. The number of halogens is 1. The lowest BCUT2D eigenvalue weighted by atomic mass is 9.83. The topological polar surface area (TPSA) is 113 Å². The second-order valence-corrected chi connectivity index (χ2v) is 14.3. The van der Waals surface area contributed by atoms with Gasteiger partial charge in [-0.25, -0.2) is 0 Å². The number of likely N-dealkylation sites (N-methyl/N-ethyl adjacent to an activating group) is 1. The molecule has 260 valence electrons. The number of nitrogens with zero attached hydrogens (tertiary/aromatic N) is 2. The smallest absolute Gasteiger partial charge is 0.323 e. The first kappa shape index (κ1) is 36.9. The van der Waals surface area contributed by atoms with Crippen LogP contribution in [0.15, 0.2) is 48.4 Å². The molecule has 8 atom stereocenters. The molecular formula is C36H52ClN3O7. The molecule has 4 rings (SSSR count). The first-order valence-corrected chi connectivity index (χ1v) is 16.7. The number of aryl methyl sites for hydroxylation is 1. The zero-order valence-electron chi connectivity index (χ0n) is 29.4. The van der Waals surface area contributed by atoms with Crippen LogP contribution in [-0.2, 0) is 35.0 Å². The second-order valence-electron chi connectivity index (χ2n) is 13.9. The number of methoxy groups -OCH3 is 1. The Hall–Kier alpha value is -2.89. The van der Waals surface area contributed by atoms with Crippen LogP contribution in [0.4, 0.5) is 5.69 Å². The molecule has 4 bridgehead atoms. The van der Waals surface area contributed by atoms with Crippen molar-refractivity contribution in [1.29, 1.82) is 0 Å². The average molecular weight is 674 g/mol. The third kappa shape index (κ3) is 7.89. The van der Waals surface area contributed by atoms with Gasteiger partial charge in [0.05, 0.1) is 23.2 Å². The zero-order valence-corrected chi connectivity index (χ0v) is 30.2. The minimum absolute atomic E-state index is 0.103. The van der Waals surface area contributed by atoms with E-state index in [2.05, 4.69) is 11.9 Å². The Morgan fingerprint density at radius 3 is 2.60 bits per heavy atom. The molecule has 3 aliphatic rings. The number of anilines is 1. The Morgan fingerprint density at radius 1 is 1.28 bits per heavy atom. The van der Waals surface area contributed by atoms with Gasteiger partial charge >= 0.3 is 5.97 Å². The SMILES string of the molecule is C=C1NC2(O)CC(O1)C(C)C1OC1(C)C(OC(=O)C(C)N(C)C(C)C)CC(=O)N(C)c1cc(cc(C)c1Cl)C/C(C)=C/C=C/C2OC. The Balaban J connectivity index is 1.78. The molecule has 2 saturated heterocycles. The molecule has 0 aliphatic carbocycles. The van der Waals surface area contributed by atoms with Crippen LogP contribution in [0, 0.1) is 12.8 Å². The molecule has 1 aromatic rings. The molecule has 10 nitrogen and oxygen atoms in total. The fourth-order valence-electron chi connectivity index (χ4n) is 6.60. The third-order valence-electron chi connectivity index (χ3n) is 10.0. The Labute approximate surface area is 284 Å². The van der Waals surface area contributed by atoms with Crippen molar-refractivity contribution in [3.8, 4) is 0 Å². The molecule has 1 amide bonds. The maximum Gasteiger partial charge on any atom is 0.323 e. The molecular weight excluding hydrogens is 622 g/mol. The number of fused-ring (bicyclic) bond motifs is 5. The van der Waals surface area contributed by atoms with Crippen molar-refractivity contribution in [2.24, 2.45) is 5.92 Å². The van der Waals surface area contributed by atoms with Gasteiger partial charge < -0.3 is 34.3 Å². The number of carbonyl (C=O) groups is 2. The molecule has 0 radical (unpaired) electrons. The summed E-state index contributed by atoms with van der Waals surface area (Å²) in [6.07, 6.45) is 3.69. The maximum atomic E-state index is 14.0. The largest absolute Gasteiger partial charge is 0.476 e. The highest BCUT2D eigenvalue weighted by Crippen LogP contribution is 2.49. The van der Waals surface area contributed by atoms with Crippen LogP contribution >= 0.6 is 11.6 Å². The van der Waals surface area contributed by atoms with Crippen molar-refractivity contribution in [2.45, 2.75) is 116 Å². The Kier molecular flexibility index (Phi) is 11.2. The summed E-state index contributed by atoms with van der Waals surface area (Å²) >= 11 is 6.77. The molecule has 3 heterocycles. The molecule has 3 aliphatic heterocycles. The number of hydrogen-bond donors (Lipinski definition) is 2. The highest BCUT2D eigenvalue weighted by molar-refractivity contribution is 6.34. The van der Waals surface area contributed by atoms with E-state index in [9.17, 15) is 14.7 Å². The van der Waals surface area contributed by atoms with Crippen molar-refractivity contribution in [3.63, 3.8) is 0 Å². The van der Waals surface area contributed by atoms with Gasteiger partial charge in [0.1, 0.15) is 30.0 Å². The van der Waals surface area contributed by atoms with E-state index in [-0.39, 0.29) is 36.6 Å². The summed E-state index contributed by atoms with van der Waals surface area (Å²) in [5.41, 5.74) is 0.935. The molecule has 11 heteroatoms. The molecule has 0 saturated carbocycles. The Morgan fingerprint density at radius 2 is 1.96 bits per heavy atom. The van der Waals surface area contributed by atoms with E-state index in [1.807, 2.05) is 77.8 Å². The van der Waals surface area contributed by atoms with Crippen molar-refractivity contribution < 1.29 is 33.6 Å². The lowest BCUT2D eigenvalue weighted by molar-refractivity contribution is -0.160. The summed E-state index contributed by atoms with van der Waals surface area (Å²) in [4.78, 5) is 31.0. The summed E-state index contributed by atoms with van der Waals surface area (Å²) in [7, 11) is 5.09. The lowest BCUT2D eigenvalue weighted by Gasteiger charge is -2.44. The molecule has 0 aromatic heterocycles. The fraction of sp³-hybridized carbons (Fsp3) is 0.611. The highest BCUT2D eigenvalue weighted by atomic mass is 35.5. The van der Waals surface area contributed by atoms with Crippen molar-refractivity contribution >= 4 is 29.2 Å². The van der Waals surface area contributed by atoms with Crippen LogP contribution in [0.5, 0.6) is 0 Å². The monoisotopic (exact) mass is 673 g/mol. The molecule has 8 unspecified atom stereocenters. The molecule has 0 spiro atoms. The van der Waals surface area contributed by atoms with E-state index in [0.29, 0.717) is 17.1 Å². The van der Waals surface area contributed by atoms with Crippen LogP contribution in [0.25, 0.3) is 0 Å². The number of benzene rings is 1. The quantitative estimate of drug-likeness (QED) is 0.328. The van der Waals surface area contributed by atoms with Gasteiger partial charge in [0.15, 0.2) is 11.6 Å². The summed E-state index contributed by atoms with van der Waals surface area (Å²) < 4.78 is 24.4. The summed E-state index contributed by atoms with van der Waals surface area (Å²) in [6.45, 7) is 17.5. The molecule has 47 heavy (non-hydrogen) atoms. The highest BCUT2D eigenvalue weighted by Gasteiger charge is 2.64. The summed E-state index contributed by atoms with van der Waals surface area (Å²) in [5.74, 6) is -0.791. The van der Waals surface area contributed by atoms with Gasteiger partial charge in [-0.15, -0.1) is 0 Å². The number of carbonyl (C=O) groups excluding carboxylic acids is 2. The predicted octanol–water partition coefficient (Wildman–Crippen LogP) is 5.05. The van der Waals surface area contributed by atoms with E-state index in [4.69, 9.17) is 30.5 Å². The average Bonchev–Trinajstić information content (AvgIpc) is 3.70. The summed E-state index contributed by atoms with van der Waals surface area (Å²) in [6, 6.07) is 3.48. The zero-order chi connectivity index (χ0) is 35.0. The van der Waals surface area contributed by atoms with E-state index in [1.54, 1.807) is 27.2 Å². The first-order chi connectivity index (χ1) is 21.9. The van der Waals surface area contributed by atoms with Crippen LogP contribution in [0.3, 0.4) is 0 Å². The predicted molar refractivity (Wildman–Crippen MR) is 183 cm³/mol. The van der Waals surface area contributed by atoms with E-state index in [0.717, 1.165) is 16.7 Å². The van der Waals surface area contributed by atoms with Crippen molar-refractivity contribution in [3.05, 3.63) is 64.5 Å². The minimum atomic E-state index is -1.51. The number of hydrogen-bond acceptors (Lipinski definition) is 9. The van der Waals surface area contributed by atoms with Gasteiger partial charge in [-0.3, -0.25) is 14.5 Å². The summed E-state index contributed by atoms with van der Waals surface area (Å²) in [5, 5.41) is 15.3. The first-order valence-electron chi connectivity index (χ1n) is 16.3. The third-order valence-corrected chi connectivity index (χ3v) is 10.5. The normalized spacial score (nSPS) is 34.1. The van der Waals surface area contributed by atoms with E-state index in [1.165, 1.54) is 4.90 Å². The number of rotatable bonds is 5. The number of epoxide rings is 1. The van der Waals surface area contributed by atoms with Gasteiger partial charge in [-0.05, 0) is 78.8 Å². The van der Waals surface area contributed by atoms with Gasteiger partial charge in [0.25, 0.3) is 0 Å². The van der Waals surface area contributed by atoms with Crippen LogP contribution in [0.1, 0.15) is 65.5 Å². The van der Waals surface area contributed by atoms with Gasteiger partial charge in [-0.1, -0.05) is 48.4 Å². The van der Waals surface area contributed by atoms with Crippen LogP contribution in [0.2, 0.25) is 5.02 Å². The van der Waals surface area contributed by atoms with Crippen molar-refractivity contribution in [2.75, 3.05) is 26.1 Å². The lowest BCUT2D eigenvalue weighted by Crippen LogP contribution is -2.60. The number of nitrogens with one attached hydrogen (secondary N) is 1. The van der Waals surface area contributed by atoms with E-state index < -0.39 is 47.8 Å². The molecule has 2 N–H and O–H groups in total. The van der Waals surface area contributed by atoms with E-state index >= 15 is 0 Å². The number of esters is 1. The second kappa shape index (κ2) is 14.3. The van der Waals surface area contributed by atoms with Gasteiger partial charge in [0.2, 0.25) is 5.91 Å². The molecule has 1 aromatic carbocycles. The number of aliphatic hydroxyl groups is 1. The number of ether oxygens (including phenoxy) is 4. The van der Waals surface area contributed by atoms with Crippen LogP contribution in [-0.4, -0.2) is 90.9 Å². The Bertz CT molecular complexity index is 1430. The van der Waals surface area contributed by atoms with Gasteiger partial charge in [0, 0.05) is 32.5 Å². The van der Waals surface area contributed by atoms with Crippen molar-refractivity contribution in [1.82, 2.24) is 10.2 Å². The van der Waals surface area contributed by atoms with Crippen LogP contribution < -0.4 is 10.2 Å². The minimum Gasteiger partial charge on any atom is -0.476 e. The number of amides is 1. The van der Waals surface area contributed by atoms with Gasteiger partial charge in [-0.2, -0.15) is 0 Å². The maximum absolute atomic E-state index is 14.0. The fourth-order valence-corrected chi connectivity index (χ4v) is 6.84. The molecule has 2 fully saturated rings. The standard InChI is InChI=1S/C36H52ClN3O7/c1-20(2)39(9)24(6)34(42)46-30-18-31(41)40(10)27-17-26(16-22(4)32(27)37)15-21(3)13-12-14-29(44-11)36(43)19-28(45-25(7)38-36)23(5)33-35(30,8)47-33/h12-14,16-17,20,23-24,28-30,33,38,43H,7,15,18-19H2,1-6,8-11H3/b14-12+,21-13+.